The second-order valence-corrected chi connectivity index (χ2v) is 7.13. The number of aromatic nitrogens is 1. The predicted octanol–water partition coefficient (Wildman–Crippen LogP) is 4.35. The van der Waals surface area contributed by atoms with Crippen LogP contribution in [0.2, 0.25) is 0 Å². The quantitative estimate of drug-likeness (QED) is 0.311. The minimum atomic E-state index is -0.708. The van der Waals surface area contributed by atoms with Crippen LogP contribution in [0, 0.1) is 23.0 Å². The number of aryl methyl sites for hydroxylation is 1. The largest absolute Gasteiger partial charge is 0.457 e. The lowest BCUT2D eigenvalue weighted by atomic mass is 10.1. The zero-order valence-electron chi connectivity index (χ0n) is 15.2. The highest BCUT2D eigenvalue weighted by Gasteiger charge is 2.17. The fraction of sp³-hybridized carbons (Fsp3) is 0.190. The van der Waals surface area contributed by atoms with E-state index in [2.05, 4.69) is 6.07 Å². The number of hydrogen-bond acceptors (Lipinski definition) is 5. The van der Waals surface area contributed by atoms with E-state index in [1.54, 1.807) is 18.3 Å². The van der Waals surface area contributed by atoms with Gasteiger partial charge in [-0.25, -0.2) is 8.78 Å². The molecule has 0 amide bonds. The summed E-state index contributed by atoms with van der Waals surface area (Å²) in [5.41, 5.74) is 1.21. The first-order valence-electron chi connectivity index (χ1n) is 8.71. The van der Waals surface area contributed by atoms with Gasteiger partial charge in [0.2, 0.25) is 5.78 Å². The standard InChI is InChI=1S/C21H16F2N2O3S/c22-14-6-7-17(23)20(10-14)29-13-21(27)28-12-19(26)16-11-25(9-3-8-24)18-5-2-1-4-15(16)18/h1-2,4-7,10-11H,3,9,12-13H2. The van der Waals surface area contributed by atoms with Crippen LogP contribution in [0.25, 0.3) is 10.9 Å². The Labute approximate surface area is 169 Å². The molecule has 0 radical (unpaired) electrons. The summed E-state index contributed by atoms with van der Waals surface area (Å²) in [6, 6.07) is 12.3. The van der Waals surface area contributed by atoms with Gasteiger partial charge in [-0.2, -0.15) is 5.26 Å². The monoisotopic (exact) mass is 414 g/mol. The molecule has 0 aliphatic carbocycles. The number of ketones is 1. The number of thioether (sulfide) groups is 1. The lowest BCUT2D eigenvalue weighted by Gasteiger charge is -2.05. The van der Waals surface area contributed by atoms with Crippen LogP contribution in [0.4, 0.5) is 8.78 Å². The van der Waals surface area contributed by atoms with Gasteiger partial charge in [0.05, 0.1) is 18.2 Å². The first kappa shape index (κ1) is 20.6. The molecule has 0 N–H and O–H groups in total. The summed E-state index contributed by atoms with van der Waals surface area (Å²) in [5, 5.41) is 9.50. The number of esters is 1. The van der Waals surface area contributed by atoms with Gasteiger partial charge in [0.25, 0.3) is 0 Å². The molecule has 1 heterocycles. The Kier molecular flexibility index (Phi) is 6.62. The molecule has 0 aliphatic rings. The number of carbonyl (C=O) groups excluding carboxylic acids is 2. The van der Waals surface area contributed by atoms with Gasteiger partial charge in [-0.15, -0.1) is 11.8 Å². The summed E-state index contributed by atoms with van der Waals surface area (Å²) in [6.45, 7) is -0.0167. The Morgan fingerprint density at radius 1 is 1.17 bits per heavy atom. The summed E-state index contributed by atoms with van der Waals surface area (Å²) in [5.74, 6) is -2.58. The van der Waals surface area contributed by atoms with Gasteiger partial charge in [-0.05, 0) is 24.3 Å². The van der Waals surface area contributed by atoms with Gasteiger partial charge in [-0.3, -0.25) is 9.59 Å². The minimum Gasteiger partial charge on any atom is -0.457 e. The molecule has 3 aromatic rings. The van der Waals surface area contributed by atoms with Crippen LogP contribution in [0.5, 0.6) is 0 Å². The van der Waals surface area contributed by atoms with Crippen molar-refractivity contribution >= 4 is 34.4 Å². The topological polar surface area (TPSA) is 72.1 Å². The highest BCUT2D eigenvalue weighted by atomic mass is 32.2. The lowest BCUT2D eigenvalue weighted by Crippen LogP contribution is -2.15. The van der Waals surface area contributed by atoms with E-state index in [4.69, 9.17) is 10.00 Å². The molecule has 3 rings (SSSR count). The Bertz CT molecular complexity index is 1100. The molecule has 0 bridgehead atoms. The first-order valence-corrected chi connectivity index (χ1v) is 9.69. The molecule has 0 saturated heterocycles. The van der Waals surface area contributed by atoms with Gasteiger partial charge in [0, 0.05) is 34.1 Å². The van der Waals surface area contributed by atoms with E-state index in [1.165, 1.54) is 0 Å². The number of hydrogen-bond donors (Lipinski definition) is 0. The highest BCUT2D eigenvalue weighted by molar-refractivity contribution is 8.00. The zero-order valence-corrected chi connectivity index (χ0v) is 16.0. The molecule has 0 saturated carbocycles. The molecule has 0 fully saturated rings. The second-order valence-electron chi connectivity index (χ2n) is 6.11. The molecule has 8 heteroatoms. The van der Waals surface area contributed by atoms with E-state index < -0.39 is 24.2 Å². The molecular weight excluding hydrogens is 398 g/mol. The van der Waals surface area contributed by atoms with Gasteiger partial charge < -0.3 is 9.30 Å². The molecule has 0 spiro atoms. The Hall–Kier alpha value is -3.18. The number of nitriles is 1. The molecule has 148 valence electrons. The Morgan fingerprint density at radius 3 is 2.76 bits per heavy atom. The van der Waals surface area contributed by atoms with Crippen LogP contribution in [0.15, 0.2) is 53.6 Å². The highest BCUT2D eigenvalue weighted by Crippen LogP contribution is 2.24. The number of halogens is 2. The van der Waals surface area contributed by atoms with Crippen LogP contribution in [-0.4, -0.2) is 28.7 Å². The number of carbonyl (C=O) groups is 2. The van der Waals surface area contributed by atoms with Crippen molar-refractivity contribution in [3.63, 3.8) is 0 Å². The van der Waals surface area contributed by atoms with Gasteiger partial charge >= 0.3 is 5.97 Å². The molecule has 29 heavy (non-hydrogen) atoms. The molecule has 0 atom stereocenters. The number of fused-ring (bicyclic) bond motifs is 1. The maximum absolute atomic E-state index is 13.6. The molecular formula is C21H16F2N2O3S. The fourth-order valence-electron chi connectivity index (χ4n) is 2.81. The molecule has 0 unspecified atom stereocenters. The number of nitrogens with zero attached hydrogens (tertiary/aromatic N) is 2. The average Bonchev–Trinajstić information content (AvgIpc) is 3.10. The number of ether oxygens (including phenoxy) is 1. The van der Waals surface area contributed by atoms with Crippen molar-refractivity contribution in [1.29, 1.82) is 5.26 Å². The molecule has 2 aromatic carbocycles. The van der Waals surface area contributed by atoms with Gasteiger partial charge in [0.1, 0.15) is 11.6 Å². The fourth-order valence-corrected chi connectivity index (χ4v) is 3.57. The summed E-state index contributed by atoms with van der Waals surface area (Å²) in [6.07, 6.45) is 1.95. The summed E-state index contributed by atoms with van der Waals surface area (Å²) in [7, 11) is 0. The second kappa shape index (κ2) is 9.34. The number of benzene rings is 2. The number of rotatable bonds is 8. The molecule has 5 nitrogen and oxygen atoms in total. The van der Waals surface area contributed by atoms with Crippen molar-refractivity contribution in [2.24, 2.45) is 0 Å². The van der Waals surface area contributed by atoms with E-state index in [9.17, 15) is 18.4 Å². The summed E-state index contributed by atoms with van der Waals surface area (Å²) < 4.78 is 33.6. The van der Waals surface area contributed by atoms with Gasteiger partial charge in [-0.1, -0.05) is 18.2 Å². The third-order valence-corrected chi connectivity index (χ3v) is 5.16. The number of Topliss-reactive ketones (excluding diaryl/α,β-unsaturated/α-hetero) is 1. The van der Waals surface area contributed by atoms with E-state index in [1.807, 2.05) is 16.7 Å². The maximum Gasteiger partial charge on any atom is 0.316 e. The normalized spacial score (nSPS) is 10.7. The zero-order chi connectivity index (χ0) is 20.8. The minimum absolute atomic E-state index is 0.00570. The average molecular weight is 414 g/mol. The van der Waals surface area contributed by atoms with Crippen LogP contribution >= 0.6 is 11.8 Å². The third kappa shape index (κ3) is 5.00. The Morgan fingerprint density at radius 2 is 1.97 bits per heavy atom. The van der Waals surface area contributed by atoms with E-state index in [0.717, 1.165) is 35.5 Å². The predicted molar refractivity (Wildman–Crippen MR) is 105 cm³/mol. The van der Waals surface area contributed by atoms with E-state index in [-0.39, 0.29) is 16.4 Å². The summed E-state index contributed by atoms with van der Waals surface area (Å²) >= 11 is 0.797. The van der Waals surface area contributed by atoms with Crippen LogP contribution in [0.3, 0.4) is 0 Å². The van der Waals surface area contributed by atoms with Crippen molar-refractivity contribution in [1.82, 2.24) is 4.57 Å². The van der Waals surface area contributed by atoms with Crippen molar-refractivity contribution in [2.75, 3.05) is 12.4 Å². The lowest BCUT2D eigenvalue weighted by molar-refractivity contribution is -0.139. The van der Waals surface area contributed by atoms with Crippen molar-refractivity contribution in [3.8, 4) is 6.07 Å². The SMILES string of the molecule is N#CCCn1cc(C(=O)COC(=O)CSc2cc(F)ccc2F)c2ccccc21. The van der Waals surface area contributed by atoms with Crippen LogP contribution in [-0.2, 0) is 16.1 Å². The van der Waals surface area contributed by atoms with E-state index in [0.29, 0.717) is 23.9 Å². The van der Waals surface area contributed by atoms with Gasteiger partial charge in [0.15, 0.2) is 6.61 Å². The maximum atomic E-state index is 13.6. The number of para-hydroxylation sites is 1. The summed E-state index contributed by atoms with van der Waals surface area (Å²) in [4.78, 5) is 24.5. The third-order valence-electron chi connectivity index (χ3n) is 4.16. The van der Waals surface area contributed by atoms with Crippen molar-refractivity contribution in [2.45, 2.75) is 17.9 Å². The first-order chi connectivity index (χ1) is 14.0. The van der Waals surface area contributed by atoms with E-state index >= 15 is 0 Å². The van der Waals surface area contributed by atoms with Crippen LogP contribution < -0.4 is 0 Å². The molecule has 1 aromatic heterocycles. The van der Waals surface area contributed by atoms with Crippen LogP contribution in [0.1, 0.15) is 16.8 Å². The Balaban J connectivity index is 1.62. The van der Waals surface area contributed by atoms with Crippen molar-refractivity contribution < 1.29 is 23.1 Å². The van der Waals surface area contributed by atoms with Crippen molar-refractivity contribution in [3.05, 3.63) is 65.9 Å². The molecule has 0 aliphatic heterocycles. The smallest absolute Gasteiger partial charge is 0.316 e.